The molecule has 0 heterocycles. The fourth-order valence-corrected chi connectivity index (χ4v) is 7.35. The predicted octanol–water partition coefficient (Wildman–Crippen LogP) is 12.5. The molecule has 7 nitrogen and oxygen atoms in total. The molecule has 0 amide bonds. The zero-order valence-corrected chi connectivity index (χ0v) is 35.6. The van der Waals surface area contributed by atoms with E-state index in [0.717, 1.165) is 86.0 Å². The van der Waals surface area contributed by atoms with E-state index in [1.54, 1.807) is 21.3 Å². The van der Waals surface area contributed by atoms with E-state index >= 15 is 0 Å². The summed E-state index contributed by atoms with van der Waals surface area (Å²) in [7, 11) is 5.06. The van der Waals surface area contributed by atoms with Gasteiger partial charge in [0.1, 0.15) is 17.2 Å². The highest BCUT2D eigenvalue weighted by Crippen LogP contribution is 2.41. The number of ether oxygens (including phenoxy) is 5. The molecule has 0 N–H and O–H groups in total. The molecule has 2 unspecified atom stereocenters. The average Bonchev–Trinajstić information content (AvgIpc) is 3.24. The van der Waals surface area contributed by atoms with Crippen LogP contribution in [0.5, 0.6) is 17.2 Å². The summed E-state index contributed by atoms with van der Waals surface area (Å²) in [5, 5.41) is 0. The number of benzene rings is 6. The smallest absolute Gasteiger partial charge is 0.200 e. The Balaban J connectivity index is 1.24. The van der Waals surface area contributed by atoms with E-state index in [1.165, 1.54) is 5.56 Å². The van der Waals surface area contributed by atoms with Gasteiger partial charge in [0, 0.05) is 16.7 Å². The van der Waals surface area contributed by atoms with Crippen LogP contribution in [0.1, 0.15) is 74.7 Å². The van der Waals surface area contributed by atoms with Gasteiger partial charge in [0.05, 0.1) is 57.8 Å². The Labute approximate surface area is 350 Å². The van der Waals surface area contributed by atoms with Crippen LogP contribution in [-0.4, -0.2) is 46.3 Å². The molecule has 0 radical (unpaired) electrons. The highest BCUT2D eigenvalue weighted by molar-refractivity contribution is 5.91. The van der Waals surface area contributed by atoms with Crippen molar-refractivity contribution < 1.29 is 23.7 Å². The molecule has 0 aromatic heterocycles. The maximum atomic E-state index is 6.62. The van der Waals surface area contributed by atoms with Crippen LogP contribution in [0.4, 0.5) is 11.4 Å². The fraction of sp³-hybridized carbons (Fsp3) is 0.269. The molecule has 0 aliphatic carbocycles. The molecule has 0 bridgehead atoms. The largest absolute Gasteiger partial charge is 0.496 e. The van der Waals surface area contributed by atoms with Gasteiger partial charge in [-0.05, 0) is 101 Å². The summed E-state index contributed by atoms with van der Waals surface area (Å²) in [4.78, 5) is 10.0. The molecule has 0 spiro atoms. The average molecular weight is 789 g/mol. The van der Waals surface area contributed by atoms with Gasteiger partial charge in [0.25, 0.3) is 0 Å². The van der Waals surface area contributed by atoms with Crippen molar-refractivity contribution in [3.05, 3.63) is 184 Å². The number of para-hydroxylation sites is 2. The SMILES string of the molecule is CO/C(=N\c1ccccc1)C(c1cc(C)ccc1C)c1cc(C)ccc1OCCCCOc1ccc(C)cc1C(/C(=N/c1ccccc1)OC)c1cc(C)ccc1OC. The molecule has 0 saturated heterocycles. The quantitative estimate of drug-likeness (QED) is 0.0555. The molecule has 6 aromatic carbocycles. The molecule has 2 atom stereocenters. The van der Waals surface area contributed by atoms with Gasteiger partial charge in [-0.1, -0.05) is 113 Å². The third-order valence-corrected chi connectivity index (χ3v) is 10.4. The van der Waals surface area contributed by atoms with E-state index in [-0.39, 0.29) is 11.8 Å². The van der Waals surface area contributed by atoms with E-state index < -0.39 is 0 Å². The van der Waals surface area contributed by atoms with Gasteiger partial charge in [-0.3, -0.25) is 0 Å². The number of aliphatic imine (C=N–C) groups is 2. The maximum Gasteiger partial charge on any atom is 0.200 e. The zero-order chi connectivity index (χ0) is 41.7. The molecule has 0 saturated carbocycles. The second kappa shape index (κ2) is 20.4. The fourth-order valence-electron chi connectivity index (χ4n) is 7.35. The van der Waals surface area contributed by atoms with Crippen molar-refractivity contribution >= 4 is 23.2 Å². The minimum absolute atomic E-state index is 0.277. The first-order valence-electron chi connectivity index (χ1n) is 20.2. The molecule has 0 aliphatic rings. The van der Waals surface area contributed by atoms with Gasteiger partial charge in [0.15, 0.2) is 0 Å². The summed E-state index contributed by atoms with van der Waals surface area (Å²) in [6.45, 7) is 11.5. The van der Waals surface area contributed by atoms with Crippen molar-refractivity contribution in [1.29, 1.82) is 0 Å². The number of unbranched alkanes of at least 4 members (excludes halogenated alkanes) is 1. The predicted molar refractivity (Wildman–Crippen MR) is 241 cm³/mol. The highest BCUT2D eigenvalue weighted by Gasteiger charge is 2.30. The van der Waals surface area contributed by atoms with E-state index in [9.17, 15) is 0 Å². The van der Waals surface area contributed by atoms with Crippen LogP contribution in [0.15, 0.2) is 143 Å². The molecular weight excluding hydrogens is 733 g/mol. The lowest BCUT2D eigenvalue weighted by atomic mass is 9.86. The Kier molecular flexibility index (Phi) is 14.6. The monoisotopic (exact) mass is 788 g/mol. The number of nitrogens with zero attached hydrogens (tertiary/aromatic N) is 2. The topological polar surface area (TPSA) is 70.9 Å². The molecule has 6 aromatic rings. The van der Waals surface area contributed by atoms with Gasteiger partial charge in [-0.2, -0.15) is 0 Å². The molecule has 59 heavy (non-hydrogen) atoms. The summed E-state index contributed by atoms with van der Waals surface area (Å²) < 4.78 is 31.4. The van der Waals surface area contributed by atoms with Crippen LogP contribution in [0, 0.1) is 34.6 Å². The standard InChI is InChI=1S/C52H56N2O5/c1-35-21-25-39(5)42(31-35)49(51(56-7)53-40-17-11-9-12-18-40)44-33-37(3)23-27-47(44)58-29-15-16-30-59-48-28-24-38(4)34-45(48)50(43-32-36(2)22-26-46(43)55-6)52(57-8)54-41-19-13-10-14-20-41/h9-14,17-28,31-34,49-50H,15-16,29-30H2,1-8H3/b53-51-,54-52-. The van der Waals surface area contributed by atoms with Gasteiger partial charge < -0.3 is 23.7 Å². The van der Waals surface area contributed by atoms with Crippen LogP contribution in [-0.2, 0) is 9.47 Å². The summed E-state index contributed by atoms with van der Waals surface area (Å²) in [6, 6.07) is 45.2. The Hall–Kier alpha value is -6.34. The first-order chi connectivity index (χ1) is 28.7. The first-order valence-corrected chi connectivity index (χ1v) is 20.2. The van der Waals surface area contributed by atoms with Gasteiger partial charge in [-0.15, -0.1) is 0 Å². The van der Waals surface area contributed by atoms with Crippen molar-refractivity contribution in [2.45, 2.75) is 59.3 Å². The third kappa shape index (κ3) is 10.8. The van der Waals surface area contributed by atoms with Crippen molar-refractivity contribution in [2.24, 2.45) is 9.98 Å². The third-order valence-electron chi connectivity index (χ3n) is 10.4. The molecular formula is C52H56N2O5. The van der Waals surface area contributed by atoms with Crippen molar-refractivity contribution in [1.82, 2.24) is 0 Å². The van der Waals surface area contributed by atoms with Crippen LogP contribution >= 0.6 is 0 Å². The van der Waals surface area contributed by atoms with Crippen LogP contribution < -0.4 is 14.2 Å². The van der Waals surface area contributed by atoms with Gasteiger partial charge >= 0.3 is 0 Å². The van der Waals surface area contributed by atoms with E-state index in [2.05, 4.69) is 89.2 Å². The van der Waals surface area contributed by atoms with Crippen LogP contribution in [0.25, 0.3) is 0 Å². The molecule has 0 aliphatic heterocycles. The normalized spacial score (nSPS) is 12.7. The lowest BCUT2D eigenvalue weighted by Gasteiger charge is -2.25. The summed E-state index contributed by atoms with van der Waals surface area (Å²) in [5.41, 5.74) is 11.3. The Bertz CT molecular complexity index is 2370. The number of hydrogen-bond donors (Lipinski definition) is 0. The van der Waals surface area contributed by atoms with Crippen LogP contribution in [0.3, 0.4) is 0 Å². The Morgan fingerprint density at radius 1 is 0.441 bits per heavy atom. The minimum Gasteiger partial charge on any atom is -0.496 e. The lowest BCUT2D eigenvalue weighted by molar-refractivity contribution is 0.263. The molecule has 304 valence electrons. The highest BCUT2D eigenvalue weighted by atomic mass is 16.5. The van der Waals surface area contributed by atoms with Crippen LogP contribution in [0.2, 0.25) is 0 Å². The lowest BCUT2D eigenvalue weighted by Crippen LogP contribution is -2.19. The minimum atomic E-state index is -0.388. The molecule has 7 heteroatoms. The maximum absolute atomic E-state index is 6.62. The van der Waals surface area contributed by atoms with E-state index in [4.69, 9.17) is 33.7 Å². The summed E-state index contributed by atoms with van der Waals surface area (Å²) >= 11 is 0. The summed E-state index contributed by atoms with van der Waals surface area (Å²) in [6.07, 6.45) is 1.56. The van der Waals surface area contributed by atoms with Crippen molar-refractivity contribution in [2.75, 3.05) is 34.5 Å². The number of rotatable bonds is 16. The van der Waals surface area contributed by atoms with E-state index in [1.807, 2.05) is 78.9 Å². The van der Waals surface area contributed by atoms with E-state index in [0.29, 0.717) is 25.0 Å². The molecule has 6 rings (SSSR count). The number of methoxy groups -OCH3 is 3. The number of aryl methyl sites for hydroxylation is 5. The molecule has 0 fully saturated rings. The van der Waals surface area contributed by atoms with Crippen molar-refractivity contribution in [3.63, 3.8) is 0 Å². The Morgan fingerprint density at radius 3 is 1.24 bits per heavy atom. The van der Waals surface area contributed by atoms with Gasteiger partial charge in [0.2, 0.25) is 11.8 Å². The second-order valence-corrected chi connectivity index (χ2v) is 14.9. The number of hydrogen-bond acceptors (Lipinski definition) is 7. The first kappa shape index (κ1) is 42.3. The zero-order valence-electron chi connectivity index (χ0n) is 35.6. The van der Waals surface area contributed by atoms with Crippen molar-refractivity contribution in [3.8, 4) is 17.2 Å². The van der Waals surface area contributed by atoms with Gasteiger partial charge in [-0.25, -0.2) is 9.98 Å². The second-order valence-electron chi connectivity index (χ2n) is 14.9. The summed E-state index contributed by atoms with van der Waals surface area (Å²) in [5.74, 6) is 2.81. The Morgan fingerprint density at radius 2 is 0.814 bits per heavy atom.